The number of ether oxygens (including phenoxy) is 1. The van der Waals surface area contributed by atoms with Crippen molar-refractivity contribution in [2.24, 2.45) is 0 Å². The van der Waals surface area contributed by atoms with Gasteiger partial charge in [-0.3, -0.25) is 4.68 Å². The standard InChI is InChI=1S/C17H23N3O/c1-13(2)18-11-15-7-9-19-20(15)12-14-8-10-21-17-6-4-3-5-16(14)17/h3-7,9,13-14,18H,8,10-12H2,1-2H3. The van der Waals surface area contributed by atoms with E-state index in [2.05, 4.69) is 53.2 Å². The van der Waals surface area contributed by atoms with Crippen LogP contribution in [0, 0.1) is 0 Å². The first kappa shape index (κ1) is 14.1. The van der Waals surface area contributed by atoms with E-state index in [1.165, 1.54) is 11.3 Å². The topological polar surface area (TPSA) is 39.1 Å². The second kappa shape index (κ2) is 6.31. The Kier molecular flexibility index (Phi) is 4.25. The lowest BCUT2D eigenvalue weighted by Crippen LogP contribution is -2.25. The zero-order valence-corrected chi connectivity index (χ0v) is 12.7. The van der Waals surface area contributed by atoms with E-state index in [4.69, 9.17) is 4.74 Å². The Balaban J connectivity index is 1.75. The maximum Gasteiger partial charge on any atom is 0.122 e. The molecule has 2 heterocycles. The molecule has 3 rings (SSSR count). The number of rotatable bonds is 5. The number of hydrogen-bond acceptors (Lipinski definition) is 3. The molecule has 1 aromatic heterocycles. The van der Waals surface area contributed by atoms with E-state index in [0.717, 1.165) is 31.9 Å². The van der Waals surface area contributed by atoms with E-state index in [9.17, 15) is 0 Å². The van der Waals surface area contributed by atoms with Crippen molar-refractivity contribution < 1.29 is 4.74 Å². The predicted molar refractivity (Wildman–Crippen MR) is 83.5 cm³/mol. The van der Waals surface area contributed by atoms with Crippen molar-refractivity contribution in [3.05, 3.63) is 47.8 Å². The lowest BCUT2D eigenvalue weighted by Gasteiger charge is -2.26. The van der Waals surface area contributed by atoms with Crippen LogP contribution in [0.3, 0.4) is 0 Å². The molecule has 1 N–H and O–H groups in total. The van der Waals surface area contributed by atoms with Crippen LogP contribution < -0.4 is 10.1 Å². The lowest BCUT2D eigenvalue weighted by molar-refractivity contribution is 0.255. The van der Waals surface area contributed by atoms with Crippen LogP contribution >= 0.6 is 0 Å². The average Bonchev–Trinajstić information content (AvgIpc) is 2.93. The van der Waals surface area contributed by atoms with E-state index >= 15 is 0 Å². The number of benzene rings is 1. The highest BCUT2D eigenvalue weighted by Crippen LogP contribution is 2.34. The van der Waals surface area contributed by atoms with E-state index in [0.29, 0.717) is 12.0 Å². The first-order valence-electron chi connectivity index (χ1n) is 7.70. The summed E-state index contributed by atoms with van der Waals surface area (Å²) in [6.45, 7) is 6.90. The molecular weight excluding hydrogens is 262 g/mol. The SMILES string of the molecule is CC(C)NCc1ccnn1CC1CCOc2ccccc21. The van der Waals surface area contributed by atoms with Gasteiger partial charge in [0.1, 0.15) is 5.75 Å². The van der Waals surface area contributed by atoms with Gasteiger partial charge in [-0.1, -0.05) is 32.0 Å². The van der Waals surface area contributed by atoms with E-state index in [1.807, 2.05) is 12.3 Å². The Bertz CT molecular complexity index is 591. The fraction of sp³-hybridized carbons (Fsp3) is 0.471. The second-order valence-corrected chi connectivity index (χ2v) is 5.91. The fourth-order valence-electron chi connectivity index (χ4n) is 2.80. The molecular formula is C17H23N3O. The number of hydrogen-bond donors (Lipinski definition) is 1. The van der Waals surface area contributed by atoms with Crippen LogP contribution in [0.5, 0.6) is 5.75 Å². The fourth-order valence-corrected chi connectivity index (χ4v) is 2.80. The normalized spacial score (nSPS) is 17.6. The van der Waals surface area contributed by atoms with Crippen molar-refractivity contribution in [2.75, 3.05) is 6.61 Å². The monoisotopic (exact) mass is 285 g/mol. The molecule has 1 aromatic carbocycles. The molecule has 112 valence electrons. The Hall–Kier alpha value is -1.81. The third kappa shape index (κ3) is 3.27. The summed E-state index contributed by atoms with van der Waals surface area (Å²) in [5.74, 6) is 1.51. The Morgan fingerprint density at radius 3 is 3.05 bits per heavy atom. The number of fused-ring (bicyclic) bond motifs is 1. The van der Waals surface area contributed by atoms with Crippen LogP contribution in [-0.4, -0.2) is 22.4 Å². The molecule has 0 spiro atoms. The molecule has 1 atom stereocenters. The molecule has 0 radical (unpaired) electrons. The third-order valence-electron chi connectivity index (χ3n) is 3.97. The quantitative estimate of drug-likeness (QED) is 0.918. The molecule has 4 heteroatoms. The minimum Gasteiger partial charge on any atom is -0.493 e. The summed E-state index contributed by atoms with van der Waals surface area (Å²) in [6, 6.07) is 10.9. The Morgan fingerprint density at radius 2 is 2.19 bits per heavy atom. The molecule has 0 saturated carbocycles. The van der Waals surface area contributed by atoms with Crippen molar-refractivity contribution in [1.29, 1.82) is 0 Å². The van der Waals surface area contributed by atoms with Gasteiger partial charge in [0.15, 0.2) is 0 Å². The smallest absolute Gasteiger partial charge is 0.122 e. The van der Waals surface area contributed by atoms with Crippen LogP contribution in [0.4, 0.5) is 0 Å². The average molecular weight is 285 g/mol. The van der Waals surface area contributed by atoms with Crippen LogP contribution in [-0.2, 0) is 13.1 Å². The summed E-state index contributed by atoms with van der Waals surface area (Å²) in [5, 5.41) is 7.96. The summed E-state index contributed by atoms with van der Waals surface area (Å²) < 4.78 is 7.87. The molecule has 1 aliphatic heterocycles. The molecule has 0 saturated heterocycles. The van der Waals surface area contributed by atoms with Crippen LogP contribution in [0.25, 0.3) is 0 Å². The van der Waals surface area contributed by atoms with Gasteiger partial charge < -0.3 is 10.1 Å². The Labute approximate surface area is 126 Å². The summed E-state index contributed by atoms with van der Waals surface area (Å²) in [7, 11) is 0. The highest BCUT2D eigenvalue weighted by Gasteiger charge is 2.22. The van der Waals surface area contributed by atoms with E-state index < -0.39 is 0 Å². The molecule has 2 aromatic rings. The van der Waals surface area contributed by atoms with Gasteiger partial charge in [-0.15, -0.1) is 0 Å². The molecule has 21 heavy (non-hydrogen) atoms. The summed E-state index contributed by atoms with van der Waals surface area (Å²) in [4.78, 5) is 0. The van der Waals surface area contributed by atoms with Crippen molar-refractivity contribution in [1.82, 2.24) is 15.1 Å². The highest BCUT2D eigenvalue weighted by atomic mass is 16.5. The first-order valence-corrected chi connectivity index (χ1v) is 7.70. The molecule has 4 nitrogen and oxygen atoms in total. The molecule has 1 unspecified atom stereocenters. The molecule has 0 aliphatic carbocycles. The zero-order valence-electron chi connectivity index (χ0n) is 12.7. The van der Waals surface area contributed by atoms with E-state index in [1.54, 1.807) is 0 Å². The molecule has 1 aliphatic rings. The van der Waals surface area contributed by atoms with Crippen molar-refractivity contribution in [3.63, 3.8) is 0 Å². The largest absolute Gasteiger partial charge is 0.493 e. The summed E-state index contributed by atoms with van der Waals surface area (Å²) in [6.07, 6.45) is 2.94. The van der Waals surface area contributed by atoms with Crippen molar-refractivity contribution >= 4 is 0 Å². The highest BCUT2D eigenvalue weighted by molar-refractivity contribution is 5.37. The van der Waals surface area contributed by atoms with Gasteiger partial charge in [-0.05, 0) is 24.1 Å². The van der Waals surface area contributed by atoms with Gasteiger partial charge >= 0.3 is 0 Å². The third-order valence-corrected chi connectivity index (χ3v) is 3.97. The number of nitrogens with zero attached hydrogens (tertiary/aromatic N) is 2. The van der Waals surface area contributed by atoms with Gasteiger partial charge in [0.05, 0.1) is 12.3 Å². The van der Waals surface area contributed by atoms with Crippen molar-refractivity contribution in [2.45, 2.75) is 45.3 Å². The maximum absolute atomic E-state index is 5.74. The van der Waals surface area contributed by atoms with Gasteiger partial charge in [0.25, 0.3) is 0 Å². The van der Waals surface area contributed by atoms with Crippen LogP contribution in [0.2, 0.25) is 0 Å². The summed E-state index contributed by atoms with van der Waals surface area (Å²) in [5.41, 5.74) is 2.55. The van der Waals surface area contributed by atoms with Crippen LogP contribution in [0.15, 0.2) is 36.5 Å². The van der Waals surface area contributed by atoms with Crippen molar-refractivity contribution in [3.8, 4) is 5.75 Å². The Morgan fingerprint density at radius 1 is 1.33 bits per heavy atom. The van der Waals surface area contributed by atoms with Gasteiger partial charge in [0, 0.05) is 31.2 Å². The van der Waals surface area contributed by atoms with E-state index in [-0.39, 0.29) is 0 Å². The molecule has 0 fully saturated rings. The lowest BCUT2D eigenvalue weighted by atomic mass is 9.93. The zero-order chi connectivity index (χ0) is 14.7. The van der Waals surface area contributed by atoms with Gasteiger partial charge in [0.2, 0.25) is 0 Å². The number of aromatic nitrogens is 2. The predicted octanol–water partition coefficient (Wildman–Crippen LogP) is 2.95. The van der Waals surface area contributed by atoms with Crippen LogP contribution in [0.1, 0.15) is 37.4 Å². The first-order chi connectivity index (χ1) is 10.2. The summed E-state index contributed by atoms with van der Waals surface area (Å²) >= 11 is 0. The maximum atomic E-state index is 5.74. The number of para-hydroxylation sites is 1. The van der Waals surface area contributed by atoms with Gasteiger partial charge in [-0.2, -0.15) is 5.10 Å². The minimum absolute atomic E-state index is 0.479. The molecule has 0 bridgehead atoms. The van der Waals surface area contributed by atoms with Gasteiger partial charge in [-0.25, -0.2) is 0 Å². The molecule has 0 amide bonds. The minimum atomic E-state index is 0.479. The number of nitrogens with one attached hydrogen (secondary N) is 1. The second-order valence-electron chi connectivity index (χ2n) is 5.91.